The molecule has 0 amide bonds. The lowest BCUT2D eigenvalue weighted by Crippen LogP contribution is -2.14. The zero-order chi connectivity index (χ0) is 15.1. The molecule has 1 heterocycles. The Morgan fingerprint density at radius 3 is 2.43 bits per heavy atom. The van der Waals surface area contributed by atoms with Crippen LogP contribution in [0.25, 0.3) is 0 Å². The normalized spacial score (nSPS) is 11.1. The monoisotopic (exact) mass is 307 g/mol. The molecule has 1 aromatic carbocycles. The first-order valence-corrected chi connectivity index (χ1v) is 8.13. The van der Waals surface area contributed by atoms with E-state index in [0.717, 1.165) is 12.8 Å². The van der Waals surface area contributed by atoms with Crippen molar-refractivity contribution < 1.29 is 13.2 Å². The van der Waals surface area contributed by atoms with E-state index in [1.807, 2.05) is 0 Å². The SMILES string of the molecule is CCCCOc1cnc(NS(=O)(=O)c2ccccc2)nc1. The molecule has 7 heteroatoms. The maximum absolute atomic E-state index is 12.1. The Morgan fingerprint density at radius 1 is 1.14 bits per heavy atom. The summed E-state index contributed by atoms with van der Waals surface area (Å²) in [6.07, 6.45) is 4.88. The summed E-state index contributed by atoms with van der Waals surface area (Å²) in [5.74, 6) is 0.535. The molecule has 0 fully saturated rings. The van der Waals surface area contributed by atoms with Gasteiger partial charge in [-0.05, 0) is 18.6 Å². The molecule has 1 aromatic heterocycles. The number of rotatable bonds is 7. The van der Waals surface area contributed by atoms with Crippen LogP contribution in [0.1, 0.15) is 19.8 Å². The van der Waals surface area contributed by atoms with E-state index in [9.17, 15) is 8.42 Å². The zero-order valence-electron chi connectivity index (χ0n) is 11.7. The second-order valence-electron chi connectivity index (χ2n) is 4.36. The molecule has 0 aliphatic carbocycles. The van der Waals surface area contributed by atoms with Crippen molar-refractivity contribution in [1.29, 1.82) is 0 Å². The molecule has 0 spiro atoms. The van der Waals surface area contributed by atoms with Crippen molar-refractivity contribution in [3.8, 4) is 5.75 Å². The molecule has 2 aromatic rings. The topological polar surface area (TPSA) is 81.2 Å². The van der Waals surface area contributed by atoms with Crippen LogP contribution < -0.4 is 9.46 Å². The van der Waals surface area contributed by atoms with Crippen molar-refractivity contribution in [3.05, 3.63) is 42.7 Å². The van der Waals surface area contributed by atoms with E-state index < -0.39 is 10.0 Å². The van der Waals surface area contributed by atoms with E-state index in [0.29, 0.717) is 12.4 Å². The van der Waals surface area contributed by atoms with E-state index in [1.54, 1.807) is 18.2 Å². The summed E-state index contributed by atoms with van der Waals surface area (Å²) in [6.45, 7) is 2.66. The van der Waals surface area contributed by atoms with Gasteiger partial charge in [-0.3, -0.25) is 0 Å². The first-order chi connectivity index (χ1) is 10.1. The third kappa shape index (κ3) is 4.42. The van der Waals surface area contributed by atoms with Gasteiger partial charge in [-0.1, -0.05) is 31.5 Å². The third-order valence-corrected chi connectivity index (χ3v) is 4.02. The fourth-order valence-electron chi connectivity index (χ4n) is 1.56. The summed E-state index contributed by atoms with van der Waals surface area (Å²) in [4.78, 5) is 8.05. The molecule has 1 N–H and O–H groups in total. The second-order valence-corrected chi connectivity index (χ2v) is 6.05. The Labute approximate surface area is 124 Å². The molecule has 21 heavy (non-hydrogen) atoms. The predicted molar refractivity (Wildman–Crippen MR) is 79.7 cm³/mol. The van der Waals surface area contributed by atoms with Gasteiger partial charge in [0.25, 0.3) is 10.0 Å². The molecule has 112 valence electrons. The highest BCUT2D eigenvalue weighted by molar-refractivity contribution is 7.92. The first kappa shape index (κ1) is 15.2. The number of aromatic nitrogens is 2. The van der Waals surface area contributed by atoms with Gasteiger partial charge in [0, 0.05) is 0 Å². The Morgan fingerprint density at radius 2 is 1.81 bits per heavy atom. The average Bonchev–Trinajstić information content (AvgIpc) is 2.50. The smallest absolute Gasteiger partial charge is 0.264 e. The van der Waals surface area contributed by atoms with E-state index in [-0.39, 0.29) is 10.8 Å². The number of benzene rings is 1. The molecule has 2 rings (SSSR count). The predicted octanol–water partition coefficient (Wildman–Crippen LogP) is 2.46. The van der Waals surface area contributed by atoms with Crippen LogP contribution in [0, 0.1) is 0 Å². The Kier molecular flexibility index (Phi) is 5.10. The number of sulfonamides is 1. The Hall–Kier alpha value is -2.15. The maximum Gasteiger partial charge on any atom is 0.264 e. The van der Waals surface area contributed by atoms with Crippen molar-refractivity contribution in [2.75, 3.05) is 11.3 Å². The number of nitrogens with one attached hydrogen (secondary N) is 1. The summed E-state index contributed by atoms with van der Waals surface area (Å²) < 4.78 is 31.9. The van der Waals surface area contributed by atoms with Crippen LogP contribution >= 0.6 is 0 Å². The van der Waals surface area contributed by atoms with Crippen molar-refractivity contribution >= 4 is 16.0 Å². The molecule has 0 aliphatic heterocycles. The van der Waals surface area contributed by atoms with Crippen LogP contribution in [-0.4, -0.2) is 25.0 Å². The van der Waals surface area contributed by atoms with Crippen LogP contribution in [-0.2, 0) is 10.0 Å². The van der Waals surface area contributed by atoms with Crippen molar-refractivity contribution in [2.24, 2.45) is 0 Å². The van der Waals surface area contributed by atoms with Gasteiger partial charge in [-0.15, -0.1) is 0 Å². The number of hydrogen-bond donors (Lipinski definition) is 1. The molecule has 6 nitrogen and oxygen atoms in total. The van der Waals surface area contributed by atoms with Gasteiger partial charge in [-0.25, -0.2) is 23.1 Å². The highest BCUT2D eigenvalue weighted by Crippen LogP contribution is 2.14. The summed E-state index contributed by atoms with van der Waals surface area (Å²) in [7, 11) is -3.66. The number of unbranched alkanes of at least 4 members (excludes halogenated alkanes) is 1. The first-order valence-electron chi connectivity index (χ1n) is 6.64. The standard InChI is InChI=1S/C14H17N3O3S/c1-2-3-9-20-12-10-15-14(16-11-12)17-21(18,19)13-7-5-4-6-8-13/h4-8,10-11H,2-3,9H2,1H3,(H,15,16,17). The van der Waals surface area contributed by atoms with Gasteiger partial charge < -0.3 is 4.74 Å². The summed E-state index contributed by atoms with van der Waals surface area (Å²) in [5.41, 5.74) is 0. The average molecular weight is 307 g/mol. The number of nitrogens with zero attached hydrogens (tertiary/aromatic N) is 2. The van der Waals surface area contributed by atoms with Crippen LogP contribution in [0.4, 0.5) is 5.95 Å². The maximum atomic E-state index is 12.1. The molecule has 0 saturated heterocycles. The van der Waals surface area contributed by atoms with Gasteiger partial charge >= 0.3 is 0 Å². The molecule has 0 saturated carbocycles. The Balaban J connectivity index is 2.03. The lowest BCUT2D eigenvalue weighted by atomic mass is 10.4. The van der Waals surface area contributed by atoms with Crippen LogP contribution in [0.5, 0.6) is 5.75 Å². The van der Waals surface area contributed by atoms with Gasteiger partial charge in [0.05, 0.1) is 23.9 Å². The molecular formula is C14H17N3O3S. The number of anilines is 1. The molecule has 0 radical (unpaired) electrons. The number of ether oxygens (including phenoxy) is 1. The quantitative estimate of drug-likeness (QED) is 0.795. The summed E-state index contributed by atoms with van der Waals surface area (Å²) >= 11 is 0. The van der Waals surface area contributed by atoms with Crippen molar-refractivity contribution in [3.63, 3.8) is 0 Å². The summed E-state index contributed by atoms with van der Waals surface area (Å²) in [5, 5.41) is 0. The van der Waals surface area contributed by atoms with E-state index >= 15 is 0 Å². The largest absolute Gasteiger partial charge is 0.490 e. The van der Waals surface area contributed by atoms with Gasteiger partial charge in [-0.2, -0.15) is 0 Å². The van der Waals surface area contributed by atoms with Crippen LogP contribution in [0.3, 0.4) is 0 Å². The minimum atomic E-state index is -3.66. The summed E-state index contributed by atoms with van der Waals surface area (Å²) in [6, 6.07) is 8.06. The fraction of sp³-hybridized carbons (Fsp3) is 0.286. The molecule has 0 unspecified atom stereocenters. The van der Waals surface area contributed by atoms with Gasteiger partial charge in [0.2, 0.25) is 5.95 Å². The van der Waals surface area contributed by atoms with Crippen molar-refractivity contribution in [1.82, 2.24) is 9.97 Å². The van der Waals surface area contributed by atoms with E-state index in [2.05, 4.69) is 21.6 Å². The molecule has 0 aliphatic rings. The fourth-order valence-corrected chi connectivity index (χ4v) is 2.54. The highest BCUT2D eigenvalue weighted by Gasteiger charge is 2.14. The van der Waals surface area contributed by atoms with Gasteiger partial charge in [0.1, 0.15) is 0 Å². The van der Waals surface area contributed by atoms with Crippen LogP contribution in [0.15, 0.2) is 47.6 Å². The van der Waals surface area contributed by atoms with Crippen molar-refractivity contribution in [2.45, 2.75) is 24.7 Å². The van der Waals surface area contributed by atoms with E-state index in [4.69, 9.17) is 4.74 Å². The third-order valence-electron chi connectivity index (χ3n) is 2.67. The minimum absolute atomic E-state index is 0.0155. The number of hydrogen-bond acceptors (Lipinski definition) is 5. The lowest BCUT2D eigenvalue weighted by Gasteiger charge is -2.07. The molecule has 0 atom stereocenters. The lowest BCUT2D eigenvalue weighted by molar-refractivity contribution is 0.307. The van der Waals surface area contributed by atoms with Crippen LogP contribution in [0.2, 0.25) is 0 Å². The Bertz CT molecular complexity index is 658. The molecular weight excluding hydrogens is 290 g/mol. The second kappa shape index (κ2) is 7.03. The van der Waals surface area contributed by atoms with Gasteiger partial charge in [0.15, 0.2) is 5.75 Å². The molecule has 0 bridgehead atoms. The highest BCUT2D eigenvalue weighted by atomic mass is 32.2. The van der Waals surface area contributed by atoms with E-state index in [1.165, 1.54) is 24.5 Å². The minimum Gasteiger partial charge on any atom is -0.490 e. The zero-order valence-corrected chi connectivity index (χ0v) is 12.5.